The number of sulfonamides is 1. The molecule has 0 bridgehead atoms. The van der Waals surface area contributed by atoms with Crippen molar-refractivity contribution < 1.29 is 22.7 Å². The zero-order valence-electron chi connectivity index (χ0n) is 16.1. The van der Waals surface area contributed by atoms with Gasteiger partial charge in [-0.1, -0.05) is 19.9 Å². The van der Waals surface area contributed by atoms with Crippen molar-refractivity contribution in [2.24, 2.45) is 5.92 Å². The minimum absolute atomic E-state index is 0.000955. The van der Waals surface area contributed by atoms with Gasteiger partial charge < -0.3 is 10.1 Å². The van der Waals surface area contributed by atoms with Crippen LogP contribution in [0.3, 0.4) is 0 Å². The monoisotopic (exact) mass is 384 g/mol. The molecule has 0 heterocycles. The van der Waals surface area contributed by atoms with Crippen molar-refractivity contribution in [3.8, 4) is 0 Å². The molecule has 0 aliphatic rings. The van der Waals surface area contributed by atoms with Crippen LogP contribution in [0.2, 0.25) is 0 Å². The fraction of sp³-hybridized carbons (Fsp3) is 0.556. The highest BCUT2D eigenvalue weighted by Gasteiger charge is 2.24. The van der Waals surface area contributed by atoms with Crippen LogP contribution in [-0.2, 0) is 19.6 Å². The standard InChI is InChI=1S/C18H28N2O5S/c1-12(2)14(5)19-17(21)11-25-18(22)15-8-7-9-16(10-15)26(23,24)20(6)13(3)4/h7-10,12-14H,11H2,1-6H3,(H,19,21)/t14-/m0/s1. The lowest BCUT2D eigenvalue weighted by Gasteiger charge is -2.21. The largest absolute Gasteiger partial charge is 0.452 e. The van der Waals surface area contributed by atoms with E-state index in [1.165, 1.54) is 35.6 Å². The predicted molar refractivity (Wildman–Crippen MR) is 99.3 cm³/mol. The Morgan fingerprint density at radius 3 is 2.31 bits per heavy atom. The SMILES string of the molecule is CC(C)[C@H](C)NC(=O)COC(=O)c1cccc(S(=O)(=O)N(C)C(C)C)c1. The van der Waals surface area contributed by atoms with E-state index in [9.17, 15) is 18.0 Å². The van der Waals surface area contributed by atoms with Crippen LogP contribution in [0.5, 0.6) is 0 Å². The molecule has 0 aliphatic carbocycles. The van der Waals surface area contributed by atoms with Crippen LogP contribution in [0.25, 0.3) is 0 Å². The number of hydrogen-bond donors (Lipinski definition) is 1. The number of rotatable bonds is 8. The summed E-state index contributed by atoms with van der Waals surface area (Å²) in [6, 6.07) is 5.33. The lowest BCUT2D eigenvalue weighted by molar-refractivity contribution is -0.125. The molecule has 1 aromatic rings. The van der Waals surface area contributed by atoms with Gasteiger partial charge in [0.05, 0.1) is 10.5 Å². The number of carbonyl (C=O) groups is 2. The van der Waals surface area contributed by atoms with Gasteiger partial charge in [0.2, 0.25) is 10.0 Å². The molecule has 0 saturated carbocycles. The Morgan fingerprint density at radius 1 is 1.15 bits per heavy atom. The van der Waals surface area contributed by atoms with Crippen LogP contribution in [0.1, 0.15) is 45.0 Å². The van der Waals surface area contributed by atoms with Gasteiger partial charge in [0, 0.05) is 19.1 Å². The number of benzene rings is 1. The van der Waals surface area contributed by atoms with Crippen molar-refractivity contribution in [1.29, 1.82) is 0 Å². The Hall–Kier alpha value is -1.93. The Labute approximate surface area is 155 Å². The van der Waals surface area contributed by atoms with E-state index in [1.54, 1.807) is 13.8 Å². The predicted octanol–water partition coefficient (Wildman–Crippen LogP) is 2.03. The van der Waals surface area contributed by atoms with E-state index in [-0.39, 0.29) is 28.5 Å². The number of ether oxygens (including phenoxy) is 1. The number of nitrogens with one attached hydrogen (secondary N) is 1. The number of amides is 1. The van der Waals surface area contributed by atoms with Crippen LogP contribution < -0.4 is 5.32 Å². The van der Waals surface area contributed by atoms with Crippen LogP contribution >= 0.6 is 0 Å². The highest BCUT2D eigenvalue weighted by molar-refractivity contribution is 7.89. The lowest BCUT2D eigenvalue weighted by atomic mass is 10.1. The quantitative estimate of drug-likeness (QED) is 0.692. The summed E-state index contributed by atoms with van der Waals surface area (Å²) in [5, 5.41) is 2.73. The van der Waals surface area contributed by atoms with Crippen LogP contribution in [0.4, 0.5) is 0 Å². The summed E-state index contributed by atoms with van der Waals surface area (Å²) < 4.78 is 31.2. The Balaban J connectivity index is 2.82. The summed E-state index contributed by atoms with van der Waals surface area (Å²) in [4.78, 5) is 23.9. The average molecular weight is 384 g/mol. The van der Waals surface area contributed by atoms with E-state index in [1.807, 2.05) is 20.8 Å². The molecule has 7 nitrogen and oxygen atoms in total. The first-order valence-corrected chi connectivity index (χ1v) is 9.95. The van der Waals surface area contributed by atoms with E-state index >= 15 is 0 Å². The summed E-state index contributed by atoms with van der Waals surface area (Å²) in [7, 11) is -2.23. The molecule has 8 heteroatoms. The van der Waals surface area contributed by atoms with E-state index in [2.05, 4.69) is 5.32 Å². The van der Waals surface area contributed by atoms with Gasteiger partial charge in [-0.25, -0.2) is 13.2 Å². The van der Waals surface area contributed by atoms with Crippen molar-refractivity contribution in [1.82, 2.24) is 9.62 Å². The first-order chi connectivity index (χ1) is 12.0. The molecule has 0 unspecified atom stereocenters. The molecule has 146 valence electrons. The summed E-state index contributed by atoms with van der Waals surface area (Å²) in [5.74, 6) is -0.890. The Bertz CT molecular complexity index is 744. The summed E-state index contributed by atoms with van der Waals surface area (Å²) >= 11 is 0. The fourth-order valence-corrected chi connectivity index (χ4v) is 3.32. The highest BCUT2D eigenvalue weighted by Crippen LogP contribution is 2.18. The molecule has 1 N–H and O–H groups in total. The molecule has 0 fully saturated rings. The molecular weight excluding hydrogens is 356 g/mol. The van der Waals surface area contributed by atoms with Crippen molar-refractivity contribution >= 4 is 21.9 Å². The highest BCUT2D eigenvalue weighted by atomic mass is 32.2. The lowest BCUT2D eigenvalue weighted by Crippen LogP contribution is -2.38. The average Bonchev–Trinajstić information content (AvgIpc) is 2.58. The first kappa shape index (κ1) is 22.1. The van der Waals surface area contributed by atoms with Gasteiger partial charge in [-0.15, -0.1) is 0 Å². The summed E-state index contributed by atoms with van der Waals surface area (Å²) in [5.41, 5.74) is 0.0768. The molecule has 0 radical (unpaired) electrons. The van der Waals surface area contributed by atoms with Gasteiger partial charge in [0.25, 0.3) is 5.91 Å². The van der Waals surface area contributed by atoms with Gasteiger partial charge in [0.1, 0.15) is 0 Å². The molecule has 26 heavy (non-hydrogen) atoms. The van der Waals surface area contributed by atoms with E-state index in [0.717, 1.165) is 0 Å². The first-order valence-electron chi connectivity index (χ1n) is 8.51. The molecule has 1 aromatic carbocycles. The van der Waals surface area contributed by atoms with E-state index < -0.39 is 28.5 Å². The van der Waals surface area contributed by atoms with Crippen molar-refractivity contribution in [3.05, 3.63) is 29.8 Å². The smallest absolute Gasteiger partial charge is 0.338 e. The van der Waals surface area contributed by atoms with Gasteiger partial charge in [0.15, 0.2) is 6.61 Å². The summed E-state index contributed by atoms with van der Waals surface area (Å²) in [6.07, 6.45) is 0. The minimum Gasteiger partial charge on any atom is -0.452 e. The van der Waals surface area contributed by atoms with Crippen molar-refractivity contribution in [2.75, 3.05) is 13.7 Å². The van der Waals surface area contributed by atoms with Gasteiger partial charge in [-0.2, -0.15) is 4.31 Å². The summed E-state index contributed by atoms with van der Waals surface area (Å²) in [6.45, 7) is 8.90. The maximum atomic E-state index is 12.5. The molecular formula is C18H28N2O5S. The second kappa shape index (κ2) is 9.14. The number of esters is 1. The molecule has 1 amide bonds. The molecule has 0 aromatic heterocycles. The normalized spacial score (nSPS) is 13.1. The third kappa shape index (κ3) is 5.81. The fourth-order valence-electron chi connectivity index (χ4n) is 1.90. The Kier molecular flexibility index (Phi) is 7.77. The van der Waals surface area contributed by atoms with Gasteiger partial charge in [-0.3, -0.25) is 4.79 Å². The second-order valence-corrected chi connectivity index (χ2v) is 8.82. The maximum Gasteiger partial charge on any atom is 0.338 e. The van der Waals surface area contributed by atoms with Crippen molar-refractivity contribution in [3.63, 3.8) is 0 Å². The van der Waals surface area contributed by atoms with Crippen molar-refractivity contribution in [2.45, 2.75) is 51.6 Å². The zero-order valence-corrected chi connectivity index (χ0v) is 17.0. The van der Waals surface area contributed by atoms with Crippen LogP contribution in [0.15, 0.2) is 29.2 Å². The van der Waals surface area contributed by atoms with Gasteiger partial charge in [-0.05, 0) is 44.9 Å². The zero-order chi connectivity index (χ0) is 20.1. The third-order valence-corrected chi connectivity index (χ3v) is 6.23. The molecule has 1 rings (SSSR count). The molecule has 0 spiro atoms. The van der Waals surface area contributed by atoms with E-state index in [4.69, 9.17) is 4.74 Å². The molecule has 0 aliphatic heterocycles. The van der Waals surface area contributed by atoms with E-state index in [0.29, 0.717) is 0 Å². The van der Waals surface area contributed by atoms with Crippen LogP contribution in [0, 0.1) is 5.92 Å². The number of hydrogen-bond acceptors (Lipinski definition) is 5. The number of nitrogens with zero attached hydrogens (tertiary/aromatic N) is 1. The molecule has 0 saturated heterocycles. The number of carbonyl (C=O) groups excluding carboxylic acids is 2. The topological polar surface area (TPSA) is 92.8 Å². The second-order valence-electron chi connectivity index (χ2n) is 6.82. The molecule has 1 atom stereocenters. The maximum absolute atomic E-state index is 12.5. The van der Waals surface area contributed by atoms with Gasteiger partial charge >= 0.3 is 5.97 Å². The van der Waals surface area contributed by atoms with Crippen LogP contribution in [-0.4, -0.2) is 50.3 Å². The minimum atomic E-state index is -3.70. The Morgan fingerprint density at radius 2 is 1.77 bits per heavy atom. The third-order valence-electron chi connectivity index (χ3n) is 4.20.